The van der Waals surface area contributed by atoms with Crippen LogP contribution in [0.5, 0.6) is 11.5 Å². The molecule has 2 aromatic carbocycles. The lowest BCUT2D eigenvalue weighted by Crippen LogP contribution is -1.98. The first-order chi connectivity index (χ1) is 11.2. The Bertz CT molecular complexity index is 669. The Morgan fingerprint density at radius 2 is 1.78 bits per heavy atom. The van der Waals surface area contributed by atoms with Gasteiger partial charge >= 0.3 is 0 Å². The average molecular weight is 308 g/mol. The molecule has 0 spiro atoms. The molecule has 2 aromatic rings. The maximum atomic E-state index is 5.74. The summed E-state index contributed by atoms with van der Waals surface area (Å²) in [5, 5.41) is 0. The Morgan fingerprint density at radius 1 is 1.04 bits per heavy atom. The zero-order valence-corrected chi connectivity index (χ0v) is 14.0. The largest absolute Gasteiger partial charge is 0.494 e. The fourth-order valence-electron chi connectivity index (χ4n) is 2.32. The van der Waals surface area contributed by atoms with Crippen molar-refractivity contribution < 1.29 is 9.47 Å². The van der Waals surface area contributed by atoms with Crippen LogP contribution in [0.3, 0.4) is 0 Å². The Labute approximate surface area is 139 Å². The molecule has 0 radical (unpaired) electrons. The molecule has 2 heteroatoms. The van der Waals surface area contributed by atoms with E-state index < -0.39 is 0 Å². The minimum Gasteiger partial charge on any atom is -0.494 e. The molecule has 0 aromatic heterocycles. The maximum absolute atomic E-state index is 5.74. The van der Waals surface area contributed by atoms with Gasteiger partial charge in [0.25, 0.3) is 0 Å². The molecule has 120 valence electrons. The topological polar surface area (TPSA) is 18.5 Å². The molecule has 2 rings (SSSR count). The fourth-order valence-corrected chi connectivity index (χ4v) is 2.32. The van der Waals surface area contributed by atoms with Crippen LogP contribution in [0.15, 0.2) is 55.6 Å². The monoisotopic (exact) mass is 308 g/mol. The first-order valence-electron chi connectivity index (χ1n) is 8.01. The minimum atomic E-state index is 0.623. The van der Waals surface area contributed by atoms with Crippen molar-refractivity contribution in [2.24, 2.45) is 0 Å². The van der Waals surface area contributed by atoms with Crippen LogP contribution in [0, 0.1) is 0 Å². The second-order valence-electron chi connectivity index (χ2n) is 5.24. The molecule has 0 saturated heterocycles. The molecule has 0 saturated carbocycles. The molecule has 0 heterocycles. The van der Waals surface area contributed by atoms with Gasteiger partial charge in [-0.3, -0.25) is 0 Å². The quantitative estimate of drug-likeness (QED) is 0.634. The molecule has 2 nitrogen and oxygen atoms in total. The Hall–Kier alpha value is -2.48. The Kier molecular flexibility index (Phi) is 6.04. The van der Waals surface area contributed by atoms with E-state index in [0.29, 0.717) is 6.61 Å². The highest BCUT2D eigenvalue weighted by atomic mass is 16.5. The van der Waals surface area contributed by atoms with Crippen molar-refractivity contribution in [1.29, 1.82) is 0 Å². The van der Waals surface area contributed by atoms with E-state index in [1.807, 2.05) is 49.4 Å². The van der Waals surface area contributed by atoms with Crippen LogP contribution in [0.2, 0.25) is 0 Å². The van der Waals surface area contributed by atoms with E-state index in [4.69, 9.17) is 9.47 Å². The van der Waals surface area contributed by atoms with E-state index >= 15 is 0 Å². The number of benzene rings is 2. The van der Waals surface area contributed by atoms with E-state index in [0.717, 1.165) is 46.8 Å². The van der Waals surface area contributed by atoms with Gasteiger partial charge in [0.1, 0.15) is 11.5 Å². The first-order valence-corrected chi connectivity index (χ1v) is 8.01. The second-order valence-corrected chi connectivity index (χ2v) is 5.24. The molecule has 0 atom stereocenters. The smallest absolute Gasteiger partial charge is 0.127 e. The third kappa shape index (κ3) is 4.26. The van der Waals surface area contributed by atoms with Crippen molar-refractivity contribution in [3.05, 3.63) is 72.3 Å². The lowest BCUT2D eigenvalue weighted by atomic mass is 9.97. The molecule has 0 bridgehead atoms. The van der Waals surface area contributed by atoms with Gasteiger partial charge in [-0.05, 0) is 54.3 Å². The molecular weight excluding hydrogens is 284 g/mol. The van der Waals surface area contributed by atoms with Gasteiger partial charge < -0.3 is 9.47 Å². The van der Waals surface area contributed by atoms with Crippen LogP contribution in [0.25, 0.3) is 11.6 Å². The number of hydrogen-bond donors (Lipinski definition) is 0. The van der Waals surface area contributed by atoms with Crippen LogP contribution in [0.1, 0.15) is 37.0 Å². The van der Waals surface area contributed by atoms with Gasteiger partial charge in [-0.2, -0.15) is 0 Å². The molecule has 0 amide bonds. The van der Waals surface area contributed by atoms with E-state index in [1.54, 1.807) is 0 Å². The van der Waals surface area contributed by atoms with Gasteiger partial charge in [-0.15, -0.1) is 0 Å². The van der Waals surface area contributed by atoms with Crippen LogP contribution in [0.4, 0.5) is 0 Å². The minimum absolute atomic E-state index is 0.623. The molecule has 0 aliphatic rings. The molecule has 0 N–H and O–H groups in total. The predicted octanol–water partition coefficient (Wildman–Crippen LogP) is 5.58. The summed E-state index contributed by atoms with van der Waals surface area (Å²) in [5.41, 5.74) is 4.02. The summed E-state index contributed by atoms with van der Waals surface area (Å²) in [4.78, 5) is 0. The standard InChI is InChI=1S/C21H24O2/c1-5-14-23-19-11-9-18(10-12-19)16(4)20-15-17(6-2)8-13-21(20)22-7-3/h6,8-13,15H,2,4-5,7,14H2,1,3H3. The zero-order valence-electron chi connectivity index (χ0n) is 14.0. The lowest BCUT2D eigenvalue weighted by Gasteiger charge is -2.14. The predicted molar refractivity (Wildman–Crippen MR) is 98.1 cm³/mol. The highest BCUT2D eigenvalue weighted by Crippen LogP contribution is 2.32. The number of hydrogen-bond acceptors (Lipinski definition) is 2. The molecule has 0 fully saturated rings. The van der Waals surface area contributed by atoms with E-state index in [9.17, 15) is 0 Å². The summed E-state index contributed by atoms with van der Waals surface area (Å²) in [6.07, 6.45) is 2.83. The molecule has 0 aliphatic carbocycles. The van der Waals surface area contributed by atoms with Crippen molar-refractivity contribution in [2.45, 2.75) is 20.3 Å². The summed E-state index contributed by atoms with van der Waals surface area (Å²) in [7, 11) is 0. The van der Waals surface area contributed by atoms with E-state index in [-0.39, 0.29) is 0 Å². The van der Waals surface area contributed by atoms with Gasteiger partial charge in [-0.1, -0.05) is 44.4 Å². The maximum Gasteiger partial charge on any atom is 0.127 e. The van der Waals surface area contributed by atoms with Crippen molar-refractivity contribution in [2.75, 3.05) is 13.2 Å². The van der Waals surface area contributed by atoms with Crippen molar-refractivity contribution in [3.63, 3.8) is 0 Å². The fraction of sp³-hybridized carbons (Fsp3) is 0.238. The third-order valence-electron chi connectivity index (χ3n) is 3.54. The molecule has 0 unspecified atom stereocenters. The third-order valence-corrected chi connectivity index (χ3v) is 3.54. The molecule has 0 aliphatic heterocycles. The SMILES string of the molecule is C=Cc1ccc(OCC)c(C(=C)c2ccc(OCCC)cc2)c1. The van der Waals surface area contributed by atoms with Gasteiger partial charge in [0.15, 0.2) is 0 Å². The summed E-state index contributed by atoms with van der Waals surface area (Å²) in [5.74, 6) is 1.72. The van der Waals surface area contributed by atoms with E-state index in [2.05, 4.69) is 26.1 Å². The van der Waals surface area contributed by atoms with Crippen LogP contribution >= 0.6 is 0 Å². The van der Waals surface area contributed by atoms with Gasteiger partial charge in [-0.25, -0.2) is 0 Å². The number of ether oxygens (including phenoxy) is 2. The highest BCUT2D eigenvalue weighted by Gasteiger charge is 2.10. The van der Waals surface area contributed by atoms with Gasteiger partial charge in [0, 0.05) is 5.56 Å². The molecule has 23 heavy (non-hydrogen) atoms. The summed E-state index contributed by atoms with van der Waals surface area (Å²) in [6.45, 7) is 13.5. The number of rotatable bonds is 8. The average Bonchev–Trinajstić information content (AvgIpc) is 2.60. The lowest BCUT2D eigenvalue weighted by molar-refractivity contribution is 0.317. The normalized spacial score (nSPS) is 10.2. The summed E-state index contributed by atoms with van der Waals surface area (Å²) >= 11 is 0. The van der Waals surface area contributed by atoms with Crippen LogP contribution in [-0.2, 0) is 0 Å². The second kappa shape index (κ2) is 8.23. The highest BCUT2D eigenvalue weighted by molar-refractivity contribution is 5.82. The molecular formula is C21H24O2. The van der Waals surface area contributed by atoms with Crippen molar-refractivity contribution >= 4 is 11.6 Å². The van der Waals surface area contributed by atoms with E-state index in [1.165, 1.54) is 0 Å². The summed E-state index contributed by atoms with van der Waals surface area (Å²) in [6, 6.07) is 14.0. The summed E-state index contributed by atoms with van der Waals surface area (Å²) < 4.78 is 11.4. The van der Waals surface area contributed by atoms with Crippen molar-refractivity contribution in [3.8, 4) is 11.5 Å². The van der Waals surface area contributed by atoms with Crippen molar-refractivity contribution in [1.82, 2.24) is 0 Å². The van der Waals surface area contributed by atoms with Gasteiger partial charge in [0.05, 0.1) is 13.2 Å². The van der Waals surface area contributed by atoms with Gasteiger partial charge in [0.2, 0.25) is 0 Å². The van der Waals surface area contributed by atoms with Crippen LogP contribution < -0.4 is 9.47 Å². The Balaban J connectivity index is 2.29. The Morgan fingerprint density at radius 3 is 2.39 bits per heavy atom. The first kappa shape index (κ1) is 16.9. The van der Waals surface area contributed by atoms with Crippen LogP contribution in [-0.4, -0.2) is 13.2 Å². The zero-order chi connectivity index (χ0) is 16.7.